The summed E-state index contributed by atoms with van der Waals surface area (Å²) in [5.74, 6) is -1.67. The van der Waals surface area contributed by atoms with Gasteiger partial charge in [-0.05, 0) is 79.3 Å². The summed E-state index contributed by atoms with van der Waals surface area (Å²) in [7, 11) is 0. The molecule has 4 aromatic rings. The minimum absolute atomic E-state index is 0.0742. The summed E-state index contributed by atoms with van der Waals surface area (Å²) >= 11 is 0. The largest absolute Gasteiger partial charge is 0.489 e. The van der Waals surface area contributed by atoms with Crippen LogP contribution < -0.4 is 20.7 Å². The highest BCUT2D eigenvalue weighted by Crippen LogP contribution is 2.18. The number of carbonyl (C=O) groups excluding carboxylic acids is 4. The molecule has 318 valence electrons. The van der Waals surface area contributed by atoms with E-state index in [1.54, 1.807) is 12.2 Å². The maximum Gasteiger partial charge on any atom is 0.407 e. The van der Waals surface area contributed by atoms with E-state index in [4.69, 9.17) is 14.2 Å². The van der Waals surface area contributed by atoms with Crippen LogP contribution in [0.4, 0.5) is 4.79 Å². The van der Waals surface area contributed by atoms with Crippen LogP contribution in [0.1, 0.15) is 60.8 Å². The van der Waals surface area contributed by atoms with Gasteiger partial charge in [-0.25, -0.2) is 4.79 Å². The summed E-state index contributed by atoms with van der Waals surface area (Å²) in [6.07, 6.45) is 5.75. The number of alkyl carbamates (subject to hydrolysis) is 1. The van der Waals surface area contributed by atoms with Crippen molar-refractivity contribution in [1.82, 2.24) is 16.0 Å². The molecule has 0 aliphatic rings. The first-order valence-corrected chi connectivity index (χ1v) is 20.6. The third kappa shape index (κ3) is 17.7. The van der Waals surface area contributed by atoms with Crippen molar-refractivity contribution in [3.8, 4) is 5.75 Å². The van der Waals surface area contributed by atoms with Crippen molar-refractivity contribution in [2.24, 2.45) is 11.8 Å². The summed E-state index contributed by atoms with van der Waals surface area (Å²) in [6.45, 7) is 8.20. The zero-order valence-electron chi connectivity index (χ0n) is 34.3. The van der Waals surface area contributed by atoms with Gasteiger partial charge in [0.1, 0.15) is 25.6 Å². The second-order valence-corrected chi connectivity index (χ2v) is 14.7. The highest BCUT2D eigenvalue weighted by Gasteiger charge is 2.26. The third-order valence-electron chi connectivity index (χ3n) is 9.84. The van der Waals surface area contributed by atoms with Crippen molar-refractivity contribution in [3.05, 3.63) is 163 Å². The Bertz CT molecular complexity index is 1890. The van der Waals surface area contributed by atoms with Gasteiger partial charge in [0.2, 0.25) is 11.8 Å². The predicted molar refractivity (Wildman–Crippen MR) is 233 cm³/mol. The van der Waals surface area contributed by atoms with E-state index in [0.717, 1.165) is 22.3 Å². The van der Waals surface area contributed by atoms with Crippen LogP contribution in [0.5, 0.6) is 5.75 Å². The van der Waals surface area contributed by atoms with Gasteiger partial charge >= 0.3 is 12.1 Å². The van der Waals surface area contributed by atoms with Crippen LogP contribution in [-0.4, -0.2) is 60.8 Å². The van der Waals surface area contributed by atoms with Gasteiger partial charge in [-0.1, -0.05) is 115 Å². The van der Waals surface area contributed by atoms with Crippen molar-refractivity contribution >= 4 is 23.9 Å². The molecule has 0 fully saturated rings. The van der Waals surface area contributed by atoms with Gasteiger partial charge in [0.25, 0.3) is 0 Å². The van der Waals surface area contributed by atoms with Gasteiger partial charge in [0, 0.05) is 13.0 Å². The zero-order valence-corrected chi connectivity index (χ0v) is 34.3. The third-order valence-corrected chi connectivity index (χ3v) is 9.84. The highest BCUT2D eigenvalue weighted by atomic mass is 16.5. The molecule has 0 saturated heterocycles. The Labute approximate surface area is 354 Å². The van der Waals surface area contributed by atoms with Crippen LogP contribution in [0.3, 0.4) is 0 Å². The van der Waals surface area contributed by atoms with Crippen LogP contribution in [0.15, 0.2) is 141 Å². The number of nitrogens with one attached hydrogen (secondary N) is 3. The summed E-state index contributed by atoms with van der Waals surface area (Å²) in [5.41, 5.74) is 3.84. The lowest BCUT2D eigenvalue weighted by Gasteiger charge is -2.24. The second kappa shape index (κ2) is 26.7. The van der Waals surface area contributed by atoms with Crippen LogP contribution >= 0.6 is 0 Å². The Morgan fingerprint density at radius 2 is 1.22 bits per heavy atom. The van der Waals surface area contributed by atoms with E-state index >= 15 is 0 Å². The average molecular weight is 818 g/mol. The number of benzene rings is 4. The van der Waals surface area contributed by atoms with E-state index in [1.165, 1.54) is 0 Å². The van der Waals surface area contributed by atoms with Gasteiger partial charge in [-0.3, -0.25) is 14.4 Å². The fourth-order valence-electron chi connectivity index (χ4n) is 6.56. The Hall–Kier alpha value is -6.20. The van der Waals surface area contributed by atoms with Gasteiger partial charge in [-0.15, -0.1) is 13.2 Å². The molecule has 11 nitrogen and oxygen atoms in total. The van der Waals surface area contributed by atoms with Crippen molar-refractivity contribution in [2.75, 3.05) is 19.8 Å². The molecule has 4 N–H and O–H groups in total. The fraction of sp³-hybridized carbons (Fsp3) is 0.347. The first kappa shape index (κ1) is 46.5. The number of esters is 1. The van der Waals surface area contributed by atoms with E-state index in [0.29, 0.717) is 57.4 Å². The van der Waals surface area contributed by atoms with E-state index in [9.17, 15) is 24.3 Å². The van der Waals surface area contributed by atoms with Crippen LogP contribution in [0, 0.1) is 11.8 Å². The lowest BCUT2D eigenvalue weighted by Crippen LogP contribution is -2.45. The van der Waals surface area contributed by atoms with Crippen LogP contribution in [-0.2, 0) is 49.9 Å². The predicted octanol–water partition coefficient (Wildman–Crippen LogP) is 7.43. The molecule has 0 saturated carbocycles. The van der Waals surface area contributed by atoms with Gasteiger partial charge in [0.15, 0.2) is 0 Å². The summed E-state index contributed by atoms with van der Waals surface area (Å²) < 4.78 is 17.0. The smallest absolute Gasteiger partial charge is 0.407 e. The molecule has 4 rings (SSSR count). The molecule has 3 amide bonds. The topological polar surface area (TPSA) is 152 Å². The Balaban J connectivity index is 1.31. The number of aliphatic hydroxyl groups excluding tert-OH is 1. The molecule has 0 unspecified atom stereocenters. The van der Waals surface area contributed by atoms with E-state index in [-0.39, 0.29) is 44.5 Å². The van der Waals surface area contributed by atoms with Gasteiger partial charge in [-0.2, -0.15) is 0 Å². The molecule has 11 heteroatoms. The standard InChI is InChI=1S/C49H59N3O8/c1-3-16-41(32-46(54)51-44(33-53)31-38-25-27-45(28-26-38)58-34-39-20-10-6-11-21-39)47(55)52-43(24-14-15-29-50-49(57)60-35-40-22-12-7-13-23-40)36-59-48(56)42(17-4-2)30-37-18-8-5-9-19-37/h3-13,18-23,25-28,41-44,53H,1-2,14-17,24,29-36H2,(H,50,57)(H,51,54)(H,52,55)/t41-,42-,43+,44+/m1/s1. The van der Waals surface area contributed by atoms with Gasteiger partial charge in [0.05, 0.1) is 30.5 Å². The Morgan fingerprint density at radius 1 is 0.633 bits per heavy atom. The van der Waals surface area contributed by atoms with E-state index in [2.05, 4.69) is 29.1 Å². The monoisotopic (exact) mass is 817 g/mol. The first-order chi connectivity index (χ1) is 29.3. The number of unbranched alkanes of at least 4 members (excludes halogenated alkanes) is 1. The minimum atomic E-state index is -0.756. The minimum Gasteiger partial charge on any atom is -0.489 e. The van der Waals surface area contributed by atoms with Gasteiger partial charge < -0.3 is 35.3 Å². The molecule has 0 heterocycles. The molecular formula is C49H59N3O8. The van der Waals surface area contributed by atoms with Crippen molar-refractivity contribution in [2.45, 2.75) is 76.7 Å². The molecule has 0 bridgehead atoms. The van der Waals surface area contributed by atoms with Crippen molar-refractivity contribution in [3.63, 3.8) is 0 Å². The zero-order chi connectivity index (χ0) is 42.8. The SMILES string of the molecule is C=CC[C@H](CC(=O)N[C@H](CO)Cc1ccc(OCc2ccccc2)cc1)C(=O)N[C@@H](CCCCNC(=O)OCc1ccccc1)COC(=O)[C@H](CC=C)Cc1ccccc1. The summed E-state index contributed by atoms with van der Waals surface area (Å²) in [5, 5.41) is 18.8. The Morgan fingerprint density at radius 3 is 1.83 bits per heavy atom. The number of hydrogen-bond acceptors (Lipinski definition) is 8. The number of hydrogen-bond donors (Lipinski definition) is 4. The number of ether oxygens (including phenoxy) is 3. The molecule has 0 aliphatic carbocycles. The second-order valence-electron chi connectivity index (χ2n) is 14.7. The van der Waals surface area contributed by atoms with Crippen LogP contribution in [0.25, 0.3) is 0 Å². The maximum atomic E-state index is 13.8. The van der Waals surface area contributed by atoms with Crippen LogP contribution in [0.2, 0.25) is 0 Å². The molecule has 4 aromatic carbocycles. The normalized spacial score (nSPS) is 12.8. The molecule has 0 aliphatic heterocycles. The maximum absolute atomic E-state index is 13.8. The average Bonchev–Trinajstić information content (AvgIpc) is 3.27. The number of allylic oxidation sites excluding steroid dienone is 2. The van der Waals surface area contributed by atoms with E-state index < -0.39 is 36.0 Å². The molecular weight excluding hydrogens is 759 g/mol. The van der Waals surface area contributed by atoms with Crippen molar-refractivity contribution in [1.29, 1.82) is 0 Å². The van der Waals surface area contributed by atoms with E-state index in [1.807, 2.05) is 115 Å². The molecule has 0 spiro atoms. The molecule has 60 heavy (non-hydrogen) atoms. The fourth-order valence-corrected chi connectivity index (χ4v) is 6.56. The summed E-state index contributed by atoms with van der Waals surface area (Å²) in [6, 6.07) is 35.3. The number of rotatable bonds is 27. The first-order valence-electron chi connectivity index (χ1n) is 20.6. The quantitative estimate of drug-likeness (QED) is 0.0276. The lowest BCUT2D eigenvalue weighted by molar-refractivity contribution is -0.150. The lowest BCUT2D eigenvalue weighted by atomic mass is 9.96. The number of carbonyl (C=O) groups is 4. The highest BCUT2D eigenvalue weighted by molar-refractivity contribution is 5.86. The molecule has 4 atom stereocenters. The van der Waals surface area contributed by atoms with Crippen molar-refractivity contribution < 1.29 is 38.5 Å². The Kier molecular flexibility index (Phi) is 20.7. The number of aliphatic hydroxyl groups is 1. The molecule has 0 aromatic heterocycles. The number of amides is 3. The molecule has 0 radical (unpaired) electrons. The summed E-state index contributed by atoms with van der Waals surface area (Å²) in [4.78, 5) is 52.7.